The molecular weight excluding hydrogens is 388 g/mol. The number of benzene rings is 1. The first-order chi connectivity index (χ1) is 13.3. The predicted octanol–water partition coefficient (Wildman–Crippen LogP) is 2.68. The Morgan fingerprint density at radius 3 is 2.32 bits per heavy atom. The van der Waals surface area contributed by atoms with Crippen molar-refractivity contribution in [3.8, 4) is 5.75 Å². The standard InChI is InChI=1S/C19H20O8S/c1-10(20)24-15-9-28-19(18(26-12(3)22)17(15)25-11(2)21)27-14-6-4-5-13-7-8-23-16(13)14/h4-8,15,17-19H,9H2,1-3H3/t15-,17+,18-,19-/m1/s1. The quantitative estimate of drug-likeness (QED) is 0.546. The maximum atomic E-state index is 11.7. The van der Waals surface area contributed by atoms with Crippen molar-refractivity contribution in [1.82, 2.24) is 0 Å². The zero-order chi connectivity index (χ0) is 20.3. The van der Waals surface area contributed by atoms with Gasteiger partial charge in [0.2, 0.25) is 0 Å². The average Bonchev–Trinajstić information content (AvgIpc) is 3.08. The van der Waals surface area contributed by atoms with Gasteiger partial charge in [0.25, 0.3) is 0 Å². The van der Waals surface area contributed by atoms with Crippen LogP contribution >= 0.6 is 11.8 Å². The molecule has 3 rings (SSSR count). The molecule has 0 saturated carbocycles. The zero-order valence-corrected chi connectivity index (χ0v) is 16.4. The minimum atomic E-state index is -0.993. The second-order valence-electron chi connectivity index (χ2n) is 6.21. The van der Waals surface area contributed by atoms with Gasteiger partial charge in [0.05, 0.1) is 6.26 Å². The van der Waals surface area contributed by atoms with E-state index in [1.165, 1.54) is 32.5 Å². The van der Waals surface area contributed by atoms with E-state index in [1.807, 2.05) is 12.1 Å². The van der Waals surface area contributed by atoms with Crippen molar-refractivity contribution in [2.45, 2.75) is 44.5 Å². The van der Waals surface area contributed by atoms with Crippen molar-refractivity contribution in [3.63, 3.8) is 0 Å². The highest BCUT2D eigenvalue weighted by Crippen LogP contribution is 2.36. The van der Waals surface area contributed by atoms with Crippen LogP contribution in [0.1, 0.15) is 20.8 Å². The summed E-state index contributed by atoms with van der Waals surface area (Å²) in [6, 6.07) is 7.22. The molecule has 9 heteroatoms. The third-order valence-electron chi connectivity index (χ3n) is 3.99. The third kappa shape index (κ3) is 4.59. The zero-order valence-electron chi connectivity index (χ0n) is 15.6. The Morgan fingerprint density at radius 1 is 0.964 bits per heavy atom. The molecule has 1 saturated heterocycles. The molecule has 2 heterocycles. The molecule has 1 fully saturated rings. The van der Waals surface area contributed by atoms with E-state index in [2.05, 4.69) is 0 Å². The first-order valence-electron chi connectivity index (χ1n) is 8.61. The average molecular weight is 408 g/mol. The number of carbonyl (C=O) groups excluding carboxylic acids is 3. The molecule has 1 aliphatic rings. The number of para-hydroxylation sites is 1. The second-order valence-corrected chi connectivity index (χ2v) is 7.34. The molecule has 4 atom stereocenters. The lowest BCUT2D eigenvalue weighted by molar-refractivity contribution is -0.186. The number of carbonyl (C=O) groups is 3. The van der Waals surface area contributed by atoms with Gasteiger partial charge in [-0.2, -0.15) is 0 Å². The molecule has 2 aromatic rings. The van der Waals surface area contributed by atoms with Gasteiger partial charge in [-0.05, 0) is 12.1 Å². The topological polar surface area (TPSA) is 101 Å². The molecule has 0 N–H and O–H groups in total. The van der Waals surface area contributed by atoms with Gasteiger partial charge in [-0.3, -0.25) is 14.4 Å². The number of rotatable bonds is 5. The van der Waals surface area contributed by atoms with Crippen LogP contribution in [0.3, 0.4) is 0 Å². The molecule has 0 unspecified atom stereocenters. The molecule has 8 nitrogen and oxygen atoms in total. The van der Waals surface area contributed by atoms with Crippen LogP contribution in [0.15, 0.2) is 34.9 Å². The van der Waals surface area contributed by atoms with E-state index in [1.54, 1.807) is 18.4 Å². The van der Waals surface area contributed by atoms with Crippen LogP contribution in [0.5, 0.6) is 5.75 Å². The summed E-state index contributed by atoms with van der Waals surface area (Å²) in [5, 5.41) is 0.858. The van der Waals surface area contributed by atoms with Crippen LogP contribution < -0.4 is 4.74 Å². The summed E-state index contributed by atoms with van der Waals surface area (Å²) >= 11 is 1.29. The van der Waals surface area contributed by atoms with Gasteiger partial charge in [0, 0.05) is 31.9 Å². The van der Waals surface area contributed by atoms with Crippen molar-refractivity contribution < 1.29 is 37.7 Å². The van der Waals surface area contributed by atoms with Crippen molar-refractivity contribution in [2.75, 3.05) is 5.75 Å². The minimum Gasteiger partial charge on any atom is -0.472 e. The largest absolute Gasteiger partial charge is 0.472 e. The van der Waals surface area contributed by atoms with E-state index in [0.29, 0.717) is 17.1 Å². The lowest BCUT2D eigenvalue weighted by atomic mass is 10.1. The van der Waals surface area contributed by atoms with Gasteiger partial charge in [0.15, 0.2) is 35.1 Å². The minimum absolute atomic E-state index is 0.300. The third-order valence-corrected chi connectivity index (χ3v) is 5.20. The molecule has 150 valence electrons. The highest BCUT2D eigenvalue weighted by molar-refractivity contribution is 7.99. The summed E-state index contributed by atoms with van der Waals surface area (Å²) in [5.74, 6) is -0.920. The molecule has 28 heavy (non-hydrogen) atoms. The predicted molar refractivity (Wildman–Crippen MR) is 99.8 cm³/mol. The van der Waals surface area contributed by atoms with Gasteiger partial charge in [-0.25, -0.2) is 0 Å². The lowest BCUT2D eigenvalue weighted by Gasteiger charge is -2.39. The van der Waals surface area contributed by atoms with Crippen LogP contribution in [-0.2, 0) is 28.6 Å². The number of furan rings is 1. The van der Waals surface area contributed by atoms with Crippen LogP contribution in [0, 0.1) is 0 Å². The SMILES string of the molecule is CC(=O)O[C@@H]1[C@@H](OC(C)=O)[C@H](OC(C)=O)CS[C@H]1Oc1cccc2ccoc12. The molecule has 1 aromatic heterocycles. The smallest absolute Gasteiger partial charge is 0.303 e. The Kier molecular flexibility index (Phi) is 6.13. The van der Waals surface area contributed by atoms with Crippen molar-refractivity contribution in [2.24, 2.45) is 0 Å². The maximum Gasteiger partial charge on any atom is 0.303 e. The normalized spacial score (nSPS) is 24.4. The van der Waals surface area contributed by atoms with Crippen LogP contribution in [-0.4, -0.2) is 47.4 Å². The highest BCUT2D eigenvalue weighted by Gasteiger charge is 2.47. The van der Waals surface area contributed by atoms with E-state index in [9.17, 15) is 14.4 Å². The van der Waals surface area contributed by atoms with Gasteiger partial charge < -0.3 is 23.4 Å². The van der Waals surface area contributed by atoms with E-state index >= 15 is 0 Å². The van der Waals surface area contributed by atoms with Crippen molar-refractivity contribution in [3.05, 3.63) is 30.5 Å². The van der Waals surface area contributed by atoms with E-state index in [4.69, 9.17) is 23.4 Å². The first kappa shape index (κ1) is 20.1. The molecule has 0 bridgehead atoms. The number of hydrogen-bond acceptors (Lipinski definition) is 9. The van der Waals surface area contributed by atoms with Crippen molar-refractivity contribution in [1.29, 1.82) is 0 Å². The number of hydrogen-bond donors (Lipinski definition) is 0. The highest BCUT2D eigenvalue weighted by atomic mass is 32.2. The van der Waals surface area contributed by atoms with Gasteiger partial charge in [-0.15, -0.1) is 11.8 Å². The summed E-state index contributed by atoms with van der Waals surface area (Å²) in [6.45, 7) is 3.74. The molecule has 0 radical (unpaired) electrons. The van der Waals surface area contributed by atoms with Gasteiger partial charge in [0.1, 0.15) is 0 Å². The number of esters is 3. The van der Waals surface area contributed by atoms with Crippen molar-refractivity contribution >= 4 is 40.6 Å². The fourth-order valence-electron chi connectivity index (χ4n) is 2.99. The summed E-state index contributed by atoms with van der Waals surface area (Å²) in [6.07, 6.45) is -1.19. The lowest BCUT2D eigenvalue weighted by Crippen LogP contribution is -2.55. The van der Waals surface area contributed by atoms with Crippen LogP contribution in [0.2, 0.25) is 0 Å². The van der Waals surface area contributed by atoms with E-state index in [0.717, 1.165) is 5.39 Å². The summed E-state index contributed by atoms with van der Waals surface area (Å²) in [7, 11) is 0. The number of fused-ring (bicyclic) bond motifs is 1. The first-order valence-corrected chi connectivity index (χ1v) is 9.66. The Labute approximate surface area is 165 Å². The van der Waals surface area contributed by atoms with E-state index in [-0.39, 0.29) is 0 Å². The molecule has 1 aliphatic heterocycles. The van der Waals surface area contributed by atoms with Crippen LogP contribution in [0.25, 0.3) is 11.0 Å². The Morgan fingerprint density at radius 2 is 1.64 bits per heavy atom. The number of thioether (sulfide) groups is 1. The second kappa shape index (κ2) is 8.55. The maximum absolute atomic E-state index is 11.7. The fraction of sp³-hybridized carbons (Fsp3) is 0.421. The summed E-state index contributed by atoms with van der Waals surface area (Å²) in [4.78, 5) is 34.7. The molecule has 0 amide bonds. The Hall–Kier alpha value is -2.68. The Bertz CT molecular complexity index is 876. The molecular formula is C19H20O8S. The molecule has 0 spiro atoms. The van der Waals surface area contributed by atoms with E-state index < -0.39 is 41.7 Å². The van der Waals surface area contributed by atoms with Gasteiger partial charge >= 0.3 is 17.9 Å². The summed E-state index contributed by atoms with van der Waals surface area (Å²) in [5.41, 5.74) is -0.147. The van der Waals surface area contributed by atoms with Crippen LogP contribution in [0.4, 0.5) is 0 Å². The summed E-state index contributed by atoms with van der Waals surface area (Å²) < 4.78 is 27.6. The number of ether oxygens (including phenoxy) is 4. The molecule has 0 aliphatic carbocycles. The van der Waals surface area contributed by atoms with Gasteiger partial charge in [-0.1, -0.05) is 12.1 Å². The molecule has 1 aromatic carbocycles. The monoisotopic (exact) mass is 408 g/mol. The Balaban J connectivity index is 1.90. The fourth-order valence-corrected chi connectivity index (χ4v) is 4.20.